The lowest BCUT2D eigenvalue weighted by Gasteiger charge is -2.27. The van der Waals surface area contributed by atoms with Gasteiger partial charge in [0.1, 0.15) is 0 Å². The van der Waals surface area contributed by atoms with Crippen LogP contribution in [-0.2, 0) is 0 Å². The maximum absolute atomic E-state index is 12.0. The highest BCUT2D eigenvalue weighted by molar-refractivity contribution is 7.08. The van der Waals surface area contributed by atoms with Crippen molar-refractivity contribution in [3.63, 3.8) is 0 Å². The van der Waals surface area contributed by atoms with Crippen molar-refractivity contribution < 1.29 is 4.79 Å². The number of carbonyl (C=O) groups excluding carboxylic acids is 1. The molecular weight excluding hydrogens is 256 g/mol. The summed E-state index contributed by atoms with van der Waals surface area (Å²) in [6.07, 6.45) is 2.46. The molecule has 5 heteroatoms. The monoisotopic (exact) mass is 274 g/mol. The van der Waals surface area contributed by atoms with Crippen LogP contribution in [0, 0.1) is 5.92 Å². The molecule has 0 aromatic carbocycles. The zero-order valence-electron chi connectivity index (χ0n) is 10.0. The van der Waals surface area contributed by atoms with E-state index in [1.54, 1.807) is 11.3 Å². The Morgan fingerprint density at radius 2 is 2.47 bits per heavy atom. The number of hydrogen-bond donors (Lipinski definition) is 1. The second-order valence-electron chi connectivity index (χ2n) is 4.41. The van der Waals surface area contributed by atoms with Crippen LogP contribution >= 0.6 is 23.7 Å². The van der Waals surface area contributed by atoms with E-state index in [9.17, 15) is 4.79 Å². The molecule has 1 unspecified atom stereocenters. The van der Waals surface area contributed by atoms with Gasteiger partial charge in [0.25, 0.3) is 5.91 Å². The molecule has 1 aromatic rings. The molecule has 1 atom stereocenters. The number of halogens is 1. The highest BCUT2D eigenvalue weighted by Gasteiger charge is 2.18. The number of amides is 1. The summed E-state index contributed by atoms with van der Waals surface area (Å²) in [5, 5.41) is 7.24. The fourth-order valence-electron chi connectivity index (χ4n) is 2.16. The van der Waals surface area contributed by atoms with Crippen molar-refractivity contribution in [2.75, 3.05) is 26.7 Å². The number of rotatable bonds is 3. The number of thiophene rings is 1. The Balaban J connectivity index is 0.00000144. The Bertz CT molecular complexity index is 336. The summed E-state index contributed by atoms with van der Waals surface area (Å²) in [4.78, 5) is 13.8. The summed E-state index contributed by atoms with van der Waals surface area (Å²) in [7, 11) is 1.90. The first-order valence-corrected chi connectivity index (χ1v) is 6.70. The molecule has 1 aliphatic heterocycles. The van der Waals surface area contributed by atoms with E-state index in [2.05, 4.69) is 5.32 Å². The second kappa shape index (κ2) is 6.99. The molecule has 0 saturated carbocycles. The average molecular weight is 275 g/mol. The molecule has 1 amide bonds. The van der Waals surface area contributed by atoms with E-state index < -0.39 is 0 Å². The van der Waals surface area contributed by atoms with E-state index in [-0.39, 0.29) is 18.3 Å². The van der Waals surface area contributed by atoms with Crippen molar-refractivity contribution >= 4 is 29.7 Å². The van der Waals surface area contributed by atoms with Crippen molar-refractivity contribution in [3.8, 4) is 0 Å². The molecule has 1 N–H and O–H groups in total. The van der Waals surface area contributed by atoms with Gasteiger partial charge in [0.2, 0.25) is 0 Å². The van der Waals surface area contributed by atoms with E-state index in [1.165, 1.54) is 12.8 Å². The van der Waals surface area contributed by atoms with E-state index in [0.717, 1.165) is 25.2 Å². The van der Waals surface area contributed by atoms with Crippen molar-refractivity contribution in [2.24, 2.45) is 5.92 Å². The van der Waals surface area contributed by atoms with Crippen LogP contribution in [-0.4, -0.2) is 37.5 Å². The van der Waals surface area contributed by atoms with Gasteiger partial charge < -0.3 is 10.2 Å². The lowest BCUT2D eigenvalue weighted by Crippen LogP contribution is -2.39. The normalized spacial score (nSPS) is 19.5. The van der Waals surface area contributed by atoms with Gasteiger partial charge in [0.05, 0.1) is 5.56 Å². The van der Waals surface area contributed by atoms with Crippen molar-refractivity contribution in [2.45, 2.75) is 12.8 Å². The third-order valence-corrected chi connectivity index (χ3v) is 3.73. The number of nitrogens with one attached hydrogen (secondary N) is 1. The highest BCUT2D eigenvalue weighted by Crippen LogP contribution is 2.14. The van der Waals surface area contributed by atoms with Gasteiger partial charge in [-0.1, -0.05) is 0 Å². The van der Waals surface area contributed by atoms with E-state index in [4.69, 9.17) is 0 Å². The summed E-state index contributed by atoms with van der Waals surface area (Å²) < 4.78 is 0. The van der Waals surface area contributed by atoms with Crippen molar-refractivity contribution in [1.29, 1.82) is 0 Å². The highest BCUT2D eigenvalue weighted by atomic mass is 35.5. The Hall–Kier alpha value is -0.580. The van der Waals surface area contributed by atoms with Crippen molar-refractivity contribution in [1.82, 2.24) is 10.2 Å². The van der Waals surface area contributed by atoms with E-state index in [1.807, 2.05) is 28.8 Å². The molecule has 0 aliphatic carbocycles. The fourth-order valence-corrected chi connectivity index (χ4v) is 2.79. The molecule has 96 valence electrons. The Labute approximate surface area is 113 Å². The minimum atomic E-state index is 0. The molecule has 0 bridgehead atoms. The van der Waals surface area contributed by atoms with Crippen LogP contribution in [0.3, 0.4) is 0 Å². The minimum Gasteiger partial charge on any atom is -0.341 e. The van der Waals surface area contributed by atoms with E-state index in [0.29, 0.717) is 5.92 Å². The smallest absolute Gasteiger partial charge is 0.254 e. The first-order valence-electron chi connectivity index (χ1n) is 5.76. The predicted molar refractivity (Wildman–Crippen MR) is 74.1 cm³/mol. The van der Waals surface area contributed by atoms with Gasteiger partial charge >= 0.3 is 0 Å². The molecule has 3 nitrogen and oxygen atoms in total. The largest absolute Gasteiger partial charge is 0.341 e. The maximum Gasteiger partial charge on any atom is 0.254 e. The Kier molecular flexibility index (Phi) is 5.95. The van der Waals surface area contributed by atoms with Crippen LogP contribution in [0.4, 0.5) is 0 Å². The van der Waals surface area contributed by atoms with Gasteiger partial charge in [-0.15, -0.1) is 12.4 Å². The number of piperidine rings is 1. The molecule has 2 heterocycles. The fraction of sp³-hybridized carbons (Fsp3) is 0.583. The van der Waals surface area contributed by atoms with Crippen LogP contribution in [0.15, 0.2) is 16.8 Å². The zero-order valence-corrected chi connectivity index (χ0v) is 11.6. The van der Waals surface area contributed by atoms with Crippen LogP contribution in [0.1, 0.15) is 23.2 Å². The molecule has 0 spiro atoms. The van der Waals surface area contributed by atoms with Crippen LogP contribution in [0.25, 0.3) is 0 Å². The quantitative estimate of drug-likeness (QED) is 0.917. The molecule has 1 aliphatic rings. The molecular formula is C12H19ClN2OS. The first kappa shape index (κ1) is 14.5. The summed E-state index contributed by atoms with van der Waals surface area (Å²) in [5.41, 5.74) is 0.816. The lowest BCUT2D eigenvalue weighted by molar-refractivity contribution is 0.0765. The molecule has 1 fully saturated rings. The summed E-state index contributed by atoms with van der Waals surface area (Å²) in [5.74, 6) is 0.758. The Morgan fingerprint density at radius 3 is 3.06 bits per heavy atom. The zero-order chi connectivity index (χ0) is 11.4. The van der Waals surface area contributed by atoms with Crippen LogP contribution in [0.2, 0.25) is 0 Å². The number of carbonyl (C=O) groups is 1. The molecule has 1 saturated heterocycles. The first-order chi connectivity index (χ1) is 7.77. The number of hydrogen-bond acceptors (Lipinski definition) is 3. The molecule has 1 aromatic heterocycles. The molecule has 0 radical (unpaired) electrons. The van der Waals surface area contributed by atoms with Crippen molar-refractivity contribution in [3.05, 3.63) is 22.4 Å². The maximum atomic E-state index is 12.0. The molecule has 17 heavy (non-hydrogen) atoms. The summed E-state index contributed by atoms with van der Waals surface area (Å²) >= 11 is 1.57. The van der Waals surface area contributed by atoms with Gasteiger partial charge in [0.15, 0.2) is 0 Å². The SMILES string of the molecule is CN(CC1CCCNC1)C(=O)c1ccsc1.Cl. The third-order valence-electron chi connectivity index (χ3n) is 3.05. The van der Waals surface area contributed by atoms with Crippen LogP contribution < -0.4 is 5.32 Å². The van der Waals surface area contributed by atoms with Gasteiger partial charge in [-0.3, -0.25) is 4.79 Å². The predicted octanol–water partition coefficient (Wildman–Crippen LogP) is 2.24. The lowest BCUT2D eigenvalue weighted by atomic mass is 9.99. The van der Waals surface area contributed by atoms with Gasteiger partial charge in [-0.05, 0) is 43.3 Å². The van der Waals surface area contributed by atoms with Gasteiger partial charge in [-0.2, -0.15) is 11.3 Å². The van der Waals surface area contributed by atoms with Crippen LogP contribution in [0.5, 0.6) is 0 Å². The minimum absolute atomic E-state index is 0. The standard InChI is InChI=1S/C12H18N2OS.ClH/c1-14(8-10-3-2-5-13-7-10)12(15)11-4-6-16-9-11;/h4,6,9-10,13H,2-3,5,7-8H2,1H3;1H. The van der Waals surface area contributed by atoms with E-state index >= 15 is 0 Å². The second-order valence-corrected chi connectivity index (χ2v) is 5.19. The molecule has 2 rings (SSSR count). The summed E-state index contributed by atoms with van der Waals surface area (Å²) in [6.45, 7) is 3.03. The Morgan fingerprint density at radius 1 is 1.65 bits per heavy atom. The topological polar surface area (TPSA) is 32.3 Å². The average Bonchev–Trinajstić information content (AvgIpc) is 2.83. The number of nitrogens with zero attached hydrogens (tertiary/aromatic N) is 1. The summed E-state index contributed by atoms with van der Waals surface area (Å²) in [6, 6.07) is 1.89. The van der Waals surface area contributed by atoms with Gasteiger partial charge in [-0.25, -0.2) is 0 Å². The van der Waals surface area contributed by atoms with Gasteiger partial charge in [0, 0.05) is 19.0 Å². The third kappa shape index (κ3) is 3.98.